The van der Waals surface area contributed by atoms with E-state index in [4.69, 9.17) is 10.5 Å². The molecule has 3 nitrogen and oxygen atoms in total. The average molecular weight is 215 g/mol. The maximum absolute atomic E-state index is 13.5. The first-order chi connectivity index (χ1) is 6.94. The Balaban J connectivity index is 2.54. The molecule has 4 heteroatoms. The Hall–Kier alpha value is -0.870. The second kappa shape index (κ2) is 4.77. The molecule has 86 valence electrons. The zero-order chi connectivity index (χ0) is 11.5. The summed E-state index contributed by atoms with van der Waals surface area (Å²) in [5.74, 6) is 0.637. The molecule has 0 amide bonds. The number of ether oxygens (including phenoxy) is 1. The molecule has 2 atom stereocenters. The van der Waals surface area contributed by atoms with Crippen molar-refractivity contribution < 1.29 is 14.2 Å². The standard InChI is InChI=1S/C11H18FNO2/c1-8-5-11(2,12)4-3-10(8)15-7-9(14)6-13/h3-4,9,14H,5-7,13H2,1-2H3/t9-,11?/m1/s1. The number of aliphatic hydroxyl groups is 1. The van der Waals surface area contributed by atoms with Gasteiger partial charge in [0.25, 0.3) is 0 Å². The Labute approximate surface area is 89.4 Å². The minimum absolute atomic E-state index is 0.149. The molecular formula is C11H18FNO2. The molecule has 0 fully saturated rings. The molecular weight excluding hydrogens is 197 g/mol. The smallest absolute Gasteiger partial charge is 0.130 e. The molecule has 0 saturated heterocycles. The predicted octanol–water partition coefficient (Wildman–Crippen LogP) is 1.28. The Morgan fingerprint density at radius 3 is 2.93 bits per heavy atom. The summed E-state index contributed by atoms with van der Waals surface area (Å²) in [4.78, 5) is 0. The number of alkyl halides is 1. The van der Waals surface area contributed by atoms with E-state index in [9.17, 15) is 9.50 Å². The van der Waals surface area contributed by atoms with E-state index >= 15 is 0 Å². The van der Waals surface area contributed by atoms with Crippen molar-refractivity contribution in [2.45, 2.75) is 32.0 Å². The van der Waals surface area contributed by atoms with Crippen LogP contribution in [-0.4, -0.2) is 30.0 Å². The second-order valence-corrected chi connectivity index (χ2v) is 4.13. The summed E-state index contributed by atoms with van der Waals surface area (Å²) in [5.41, 5.74) is 4.81. The summed E-state index contributed by atoms with van der Waals surface area (Å²) in [6.07, 6.45) is 2.75. The fourth-order valence-electron chi connectivity index (χ4n) is 1.48. The van der Waals surface area contributed by atoms with Crippen LogP contribution in [0.15, 0.2) is 23.5 Å². The van der Waals surface area contributed by atoms with Crippen molar-refractivity contribution in [3.8, 4) is 0 Å². The topological polar surface area (TPSA) is 55.5 Å². The molecule has 3 N–H and O–H groups in total. The van der Waals surface area contributed by atoms with Crippen LogP contribution in [0.25, 0.3) is 0 Å². The molecule has 0 spiro atoms. The van der Waals surface area contributed by atoms with Crippen molar-refractivity contribution in [1.82, 2.24) is 0 Å². The molecule has 0 radical (unpaired) electrons. The number of hydrogen-bond acceptors (Lipinski definition) is 3. The van der Waals surface area contributed by atoms with Gasteiger partial charge in [-0.3, -0.25) is 0 Å². The first-order valence-electron chi connectivity index (χ1n) is 5.03. The van der Waals surface area contributed by atoms with Crippen molar-refractivity contribution in [3.63, 3.8) is 0 Å². The van der Waals surface area contributed by atoms with Crippen LogP contribution in [0, 0.1) is 0 Å². The van der Waals surface area contributed by atoms with E-state index in [0.29, 0.717) is 12.2 Å². The third kappa shape index (κ3) is 3.64. The van der Waals surface area contributed by atoms with Crippen molar-refractivity contribution >= 4 is 0 Å². The number of rotatable bonds is 4. The van der Waals surface area contributed by atoms with Crippen molar-refractivity contribution in [3.05, 3.63) is 23.5 Å². The highest BCUT2D eigenvalue weighted by molar-refractivity contribution is 5.28. The Kier molecular flexibility index (Phi) is 3.88. The Morgan fingerprint density at radius 2 is 2.40 bits per heavy atom. The van der Waals surface area contributed by atoms with Gasteiger partial charge in [0.15, 0.2) is 0 Å². The fourth-order valence-corrected chi connectivity index (χ4v) is 1.48. The summed E-state index contributed by atoms with van der Waals surface area (Å²) in [7, 11) is 0. The van der Waals surface area contributed by atoms with E-state index in [1.54, 1.807) is 6.08 Å². The van der Waals surface area contributed by atoms with E-state index in [0.717, 1.165) is 5.57 Å². The molecule has 0 aliphatic heterocycles. The van der Waals surface area contributed by atoms with Gasteiger partial charge in [0.1, 0.15) is 24.1 Å². The lowest BCUT2D eigenvalue weighted by molar-refractivity contribution is 0.0783. The van der Waals surface area contributed by atoms with Crippen LogP contribution in [-0.2, 0) is 4.74 Å². The molecule has 0 saturated carbocycles. The molecule has 1 aliphatic rings. The van der Waals surface area contributed by atoms with Crippen LogP contribution in [0.5, 0.6) is 0 Å². The van der Waals surface area contributed by atoms with Crippen LogP contribution < -0.4 is 5.73 Å². The summed E-state index contributed by atoms with van der Waals surface area (Å²) >= 11 is 0. The van der Waals surface area contributed by atoms with E-state index in [2.05, 4.69) is 0 Å². The van der Waals surface area contributed by atoms with Crippen molar-refractivity contribution in [2.75, 3.05) is 13.2 Å². The van der Waals surface area contributed by atoms with Gasteiger partial charge in [-0.1, -0.05) is 0 Å². The van der Waals surface area contributed by atoms with Gasteiger partial charge in [-0.05, 0) is 31.6 Å². The molecule has 0 bridgehead atoms. The quantitative estimate of drug-likeness (QED) is 0.743. The molecule has 0 aromatic rings. The van der Waals surface area contributed by atoms with Gasteiger partial charge in [0, 0.05) is 13.0 Å². The molecule has 1 aliphatic carbocycles. The third-order valence-corrected chi connectivity index (χ3v) is 2.32. The van der Waals surface area contributed by atoms with Crippen LogP contribution in [0.1, 0.15) is 20.3 Å². The summed E-state index contributed by atoms with van der Waals surface area (Å²) in [6, 6.07) is 0. The lowest BCUT2D eigenvalue weighted by atomic mass is 9.93. The highest BCUT2D eigenvalue weighted by Crippen LogP contribution is 2.29. The Bertz CT molecular complexity index is 284. The van der Waals surface area contributed by atoms with Crippen LogP contribution in [0.4, 0.5) is 4.39 Å². The van der Waals surface area contributed by atoms with Crippen molar-refractivity contribution in [2.24, 2.45) is 5.73 Å². The average Bonchev–Trinajstić information content (AvgIpc) is 2.15. The zero-order valence-corrected chi connectivity index (χ0v) is 9.16. The van der Waals surface area contributed by atoms with E-state index in [1.807, 2.05) is 6.92 Å². The second-order valence-electron chi connectivity index (χ2n) is 4.13. The van der Waals surface area contributed by atoms with E-state index in [-0.39, 0.29) is 13.2 Å². The van der Waals surface area contributed by atoms with Gasteiger partial charge in [-0.2, -0.15) is 0 Å². The number of allylic oxidation sites excluding steroid dienone is 3. The zero-order valence-electron chi connectivity index (χ0n) is 9.16. The largest absolute Gasteiger partial charge is 0.491 e. The predicted molar refractivity (Wildman–Crippen MR) is 57.0 cm³/mol. The highest BCUT2D eigenvalue weighted by Gasteiger charge is 2.25. The fraction of sp³-hybridized carbons (Fsp3) is 0.636. The number of hydrogen-bond donors (Lipinski definition) is 2. The first kappa shape index (κ1) is 12.2. The van der Waals surface area contributed by atoms with Crippen LogP contribution in [0.3, 0.4) is 0 Å². The van der Waals surface area contributed by atoms with Crippen molar-refractivity contribution in [1.29, 1.82) is 0 Å². The lowest BCUT2D eigenvalue weighted by Crippen LogP contribution is -2.26. The van der Waals surface area contributed by atoms with Crippen LogP contribution in [0.2, 0.25) is 0 Å². The molecule has 15 heavy (non-hydrogen) atoms. The minimum atomic E-state index is -1.29. The first-order valence-corrected chi connectivity index (χ1v) is 5.03. The normalized spacial score (nSPS) is 28.1. The maximum atomic E-state index is 13.5. The molecule has 0 heterocycles. The van der Waals surface area contributed by atoms with Gasteiger partial charge in [-0.25, -0.2) is 4.39 Å². The maximum Gasteiger partial charge on any atom is 0.130 e. The Morgan fingerprint density at radius 1 is 1.73 bits per heavy atom. The molecule has 1 rings (SSSR count). The summed E-state index contributed by atoms with van der Waals surface area (Å²) in [5, 5.41) is 9.21. The molecule has 1 unspecified atom stereocenters. The number of nitrogens with two attached hydrogens (primary N) is 1. The van der Waals surface area contributed by atoms with Gasteiger partial charge >= 0.3 is 0 Å². The van der Waals surface area contributed by atoms with Crippen LogP contribution >= 0.6 is 0 Å². The third-order valence-electron chi connectivity index (χ3n) is 2.32. The van der Waals surface area contributed by atoms with Gasteiger partial charge in [-0.15, -0.1) is 0 Å². The number of aliphatic hydroxyl groups excluding tert-OH is 1. The summed E-state index contributed by atoms with van der Waals surface area (Å²) < 4.78 is 18.9. The monoisotopic (exact) mass is 215 g/mol. The number of halogens is 1. The van der Waals surface area contributed by atoms with Gasteiger partial charge in [0.2, 0.25) is 0 Å². The lowest BCUT2D eigenvalue weighted by Gasteiger charge is -2.23. The minimum Gasteiger partial charge on any atom is -0.491 e. The van der Waals surface area contributed by atoms with Gasteiger partial charge < -0.3 is 15.6 Å². The van der Waals surface area contributed by atoms with E-state index in [1.165, 1.54) is 13.0 Å². The van der Waals surface area contributed by atoms with Gasteiger partial charge in [0.05, 0.1) is 0 Å². The SMILES string of the molecule is CC1=C(OC[C@H](O)CN)C=CC(C)(F)C1. The molecule has 0 aromatic heterocycles. The van der Waals surface area contributed by atoms with E-state index < -0.39 is 11.8 Å². The summed E-state index contributed by atoms with van der Waals surface area (Å²) in [6.45, 7) is 3.66. The molecule has 0 aromatic carbocycles. The highest BCUT2D eigenvalue weighted by atomic mass is 19.1.